The van der Waals surface area contributed by atoms with Crippen molar-refractivity contribution in [2.75, 3.05) is 0 Å². The average Bonchev–Trinajstić information content (AvgIpc) is 2.71. The molecule has 2 unspecified atom stereocenters. The van der Waals surface area contributed by atoms with Crippen molar-refractivity contribution in [3.8, 4) is 0 Å². The lowest BCUT2D eigenvalue weighted by Gasteiger charge is -2.49. The lowest BCUT2D eigenvalue weighted by Crippen LogP contribution is -2.59. The summed E-state index contributed by atoms with van der Waals surface area (Å²) in [5, 5.41) is 13.1. The second-order valence-corrected chi connectivity index (χ2v) is 5.14. The molecule has 1 aliphatic carbocycles. The van der Waals surface area contributed by atoms with Crippen molar-refractivity contribution < 1.29 is 5.11 Å². The zero-order valence-corrected chi connectivity index (χ0v) is 10.3. The normalized spacial score (nSPS) is 27.8. The maximum atomic E-state index is 9.64. The molecule has 0 radical (unpaired) electrons. The third-order valence-corrected chi connectivity index (χ3v) is 3.86. The minimum Gasteiger partial charge on any atom is -0.392 e. The summed E-state index contributed by atoms with van der Waals surface area (Å²) in [6, 6.07) is 0.393. The number of hydrogen-bond donors (Lipinski definition) is 2. The van der Waals surface area contributed by atoms with Gasteiger partial charge in [-0.1, -0.05) is 13.8 Å². The van der Waals surface area contributed by atoms with Crippen LogP contribution in [0.4, 0.5) is 0 Å². The standard InChI is InChI=1S/C12H21N3O/c1-4-15-6-5-13-11(15)8-14-9-7-10(16)12(9,2)3/h5-6,9-10,14,16H,4,7-8H2,1-3H3. The van der Waals surface area contributed by atoms with E-state index in [9.17, 15) is 5.11 Å². The maximum absolute atomic E-state index is 9.64. The van der Waals surface area contributed by atoms with Gasteiger partial charge in [0.05, 0.1) is 12.6 Å². The van der Waals surface area contributed by atoms with Gasteiger partial charge in [0.1, 0.15) is 5.82 Å². The van der Waals surface area contributed by atoms with Gasteiger partial charge in [0.2, 0.25) is 0 Å². The molecule has 1 saturated carbocycles. The quantitative estimate of drug-likeness (QED) is 0.805. The van der Waals surface area contributed by atoms with Crippen molar-refractivity contribution in [1.82, 2.24) is 14.9 Å². The number of aryl methyl sites for hydroxylation is 1. The molecule has 4 nitrogen and oxygen atoms in total. The molecule has 2 N–H and O–H groups in total. The Hall–Kier alpha value is -0.870. The summed E-state index contributed by atoms with van der Waals surface area (Å²) in [6.07, 6.45) is 4.51. The highest BCUT2D eigenvalue weighted by molar-refractivity contribution is 5.03. The Balaban J connectivity index is 1.89. The van der Waals surface area contributed by atoms with Crippen molar-refractivity contribution in [3.63, 3.8) is 0 Å². The van der Waals surface area contributed by atoms with Crippen LogP contribution in [0.1, 0.15) is 33.0 Å². The number of rotatable bonds is 4. The van der Waals surface area contributed by atoms with E-state index in [1.165, 1.54) is 0 Å². The van der Waals surface area contributed by atoms with E-state index in [1.54, 1.807) is 0 Å². The van der Waals surface area contributed by atoms with Gasteiger partial charge in [0, 0.05) is 30.4 Å². The molecule has 0 aromatic carbocycles. The van der Waals surface area contributed by atoms with E-state index >= 15 is 0 Å². The second kappa shape index (κ2) is 4.18. The number of hydrogen-bond acceptors (Lipinski definition) is 3. The topological polar surface area (TPSA) is 50.1 Å². The van der Waals surface area contributed by atoms with Gasteiger partial charge in [0.25, 0.3) is 0 Å². The molecule has 0 saturated heterocycles. The zero-order valence-electron chi connectivity index (χ0n) is 10.3. The summed E-state index contributed by atoms with van der Waals surface area (Å²) >= 11 is 0. The van der Waals surface area contributed by atoms with E-state index < -0.39 is 0 Å². The van der Waals surface area contributed by atoms with Crippen LogP contribution in [0.2, 0.25) is 0 Å². The van der Waals surface area contributed by atoms with Crippen molar-refractivity contribution >= 4 is 0 Å². The molecule has 1 aromatic rings. The molecule has 2 rings (SSSR count). The van der Waals surface area contributed by atoms with Crippen LogP contribution < -0.4 is 5.32 Å². The smallest absolute Gasteiger partial charge is 0.122 e. The summed E-state index contributed by atoms with van der Waals surface area (Å²) in [6.45, 7) is 8.05. The number of aliphatic hydroxyl groups excluding tert-OH is 1. The van der Waals surface area contributed by atoms with Crippen molar-refractivity contribution in [2.24, 2.45) is 5.41 Å². The zero-order chi connectivity index (χ0) is 11.8. The molecule has 1 heterocycles. The first-order valence-corrected chi connectivity index (χ1v) is 5.97. The van der Waals surface area contributed by atoms with Gasteiger partial charge in [-0.2, -0.15) is 0 Å². The SMILES string of the molecule is CCn1ccnc1CNC1CC(O)C1(C)C. The molecule has 0 spiro atoms. The first kappa shape index (κ1) is 11.6. The van der Waals surface area contributed by atoms with Gasteiger partial charge < -0.3 is 15.0 Å². The molecule has 4 heteroatoms. The largest absolute Gasteiger partial charge is 0.392 e. The first-order chi connectivity index (χ1) is 7.55. The molecule has 0 amide bonds. The summed E-state index contributed by atoms with van der Waals surface area (Å²) in [5.41, 5.74) is -0.0103. The Labute approximate surface area is 96.7 Å². The molecule has 90 valence electrons. The fourth-order valence-electron chi connectivity index (χ4n) is 2.26. The van der Waals surface area contributed by atoms with Crippen LogP contribution in [0.5, 0.6) is 0 Å². The Kier molecular flexibility index (Phi) is 3.04. The van der Waals surface area contributed by atoms with Crippen molar-refractivity contribution in [3.05, 3.63) is 18.2 Å². The van der Waals surface area contributed by atoms with Gasteiger partial charge >= 0.3 is 0 Å². The number of nitrogens with zero attached hydrogens (tertiary/aromatic N) is 2. The summed E-state index contributed by atoms with van der Waals surface area (Å²) in [4.78, 5) is 4.32. The minimum absolute atomic E-state index is 0.0103. The van der Waals surface area contributed by atoms with Gasteiger partial charge in [-0.3, -0.25) is 0 Å². The highest BCUT2D eigenvalue weighted by atomic mass is 16.3. The number of aliphatic hydroxyl groups is 1. The molecule has 2 atom stereocenters. The average molecular weight is 223 g/mol. The predicted molar refractivity (Wildman–Crippen MR) is 62.9 cm³/mol. The van der Waals surface area contributed by atoms with E-state index in [-0.39, 0.29) is 11.5 Å². The van der Waals surface area contributed by atoms with Crippen LogP contribution in [0.25, 0.3) is 0 Å². The van der Waals surface area contributed by atoms with Crippen LogP contribution in [-0.2, 0) is 13.1 Å². The van der Waals surface area contributed by atoms with E-state index in [4.69, 9.17) is 0 Å². The molecule has 1 aromatic heterocycles. The van der Waals surface area contributed by atoms with Crippen LogP contribution in [-0.4, -0.2) is 26.8 Å². The van der Waals surface area contributed by atoms with E-state index in [2.05, 4.69) is 35.6 Å². The Morgan fingerprint density at radius 2 is 2.38 bits per heavy atom. The highest BCUT2D eigenvalue weighted by Crippen LogP contribution is 2.40. The fourth-order valence-corrected chi connectivity index (χ4v) is 2.26. The van der Waals surface area contributed by atoms with Crippen LogP contribution in [0.3, 0.4) is 0 Å². The third kappa shape index (κ3) is 1.87. The molecule has 0 aliphatic heterocycles. The Bertz CT molecular complexity index is 359. The fraction of sp³-hybridized carbons (Fsp3) is 0.750. The van der Waals surface area contributed by atoms with Gasteiger partial charge in [-0.05, 0) is 13.3 Å². The number of imidazole rings is 1. The lowest BCUT2D eigenvalue weighted by atomic mass is 9.64. The molecular weight excluding hydrogens is 202 g/mol. The van der Waals surface area contributed by atoms with Crippen LogP contribution in [0.15, 0.2) is 12.4 Å². The molecular formula is C12H21N3O. The molecule has 1 fully saturated rings. The second-order valence-electron chi connectivity index (χ2n) is 5.14. The third-order valence-electron chi connectivity index (χ3n) is 3.86. The molecule has 0 bridgehead atoms. The summed E-state index contributed by atoms with van der Waals surface area (Å²) in [5.74, 6) is 1.07. The number of nitrogens with one attached hydrogen (secondary N) is 1. The first-order valence-electron chi connectivity index (χ1n) is 5.97. The highest BCUT2D eigenvalue weighted by Gasteiger charge is 2.46. The van der Waals surface area contributed by atoms with Gasteiger partial charge in [0.15, 0.2) is 0 Å². The molecule has 1 aliphatic rings. The Morgan fingerprint density at radius 1 is 1.62 bits per heavy atom. The predicted octanol–water partition coefficient (Wildman–Crippen LogP) is 1.15. The Morgan fingerprint density at radius 3 is 2.94 bits per heavy atom. The van der Waals surface area contributed by atoms with E-state index in [1.807, 2.05) is 12.4 Å². The summed E-state index contributed by atoms with van der Waals surface area (Å²) < 4.78 is 2.13. The van der Waals surface area contributed by atoms with Gasteiger partial charge in [-0.15, -0.1) is 0 Å². The van der Waals surface area contributed by atoms with Gasteiger partial charge in [-0.25, -0.2) is 4.98 Å². The molecule has 16 heavy (non-hydrogen) atoms. The van der Waals surface area contributed by atoms with E-state index in [0.717, 1.165) is 25.3 Å². The van der Waals surface area contributed by atoms with Crippen LogP contribution in [0, 0.1) is 5.41 Å². The maximum Gasteiger partial charge on any atom is 0.122 e. The van der Waals surface area contributed by atoms with Crippen molar-refractivity contribution in [2.45, 2.75) is 52.4 Å². The van der Waals surface area contributed by atoms with E-state index in [0.29, 0.717) is 6.04 Å². The minimum atomic E-state index is -0.170. The number of aromatic nitrogens is 2. The summed E-state index contributed by atoms with van der Waals surface area (Å²) in [7, 11) is 0. The van der Waals surface area contributed by atoms with Crippen molar-refractivity contribution in [1.29, 1.82) is 0 Å². The monoisotopic (exact) mass is 223 g/mol. The van der Waals surface area contributed by atoms with Crippen LogP contribution >= 0.6 is 0 Å². The lowest BCUT2D eigenvalue weighted by molar-refractivity contribution is -0.0732.